The first kappa shape index (κ1) is 19.7. The summed E-state index contributed by atoms with van der Waals surface area (Å²) in [5, 5.41) is 4.53. The highest BCUT2D eigenvalue weighted by Gasteiger charge is 2.33. The van der Waals surface area contributed by atoms with Crippen molar-refractivity contribution in [2.75, 3.05) is 12.4 Å². The molecule has 0 aliphatic rings. The lowest BCUT2D eigenvalue weighted by Gasteiger charge is -2.14. The number of hydrogen-bond donors (Lipinski definition) is 3. The highest BCUT2D eigenvalue weighted by molar-refractivity contribution is 7.89. The Bertz CT molecular complexity index is 899. The molecule has 0 spiro atoms. The van der Waals surface area contributed by atoms with Crippen LogP contribution >= 0.6 is 0 Å². The second kappa shape index (κ2) is 7.75. The summed E-state index contributed by atoms with van der Waals surface area (Å²) in [6.07, 6.45) is -4.60. The van der Waals surface area contributed by atoms with E-state index < -0.39 is 27.8 Å². The molecule has 0 atom stereocenters. The first-order valence-corrected chi connectivity index (χ1v) is 8.85. The summed E-state index contributed by atoms with van der Waals surface area (Å²) in [5.41, 5.74) is -0.859. The number of para-hydroxylation sites is 1. The predicted molar refractivity (Wildman–Crippen MR) is 90.0 cm³/mol. The quantitative estimate of drug-likeness (QED) is 0.737. The number of urea groups is 1. The van der Waals surface area contributed by atoms with Gasteiger partial charge in [-0.25, -0.2) is 17.9 Å². The Hall–Kier alpha value is -2.59. The van der Waals surface area contributed by atoms with Crippen LogP contribution in [0.4, 0.5) is 23.7 Å². The van der Waals surface area contributed by atoms with Crippen LogP contribution in [0.1, 0.15) is 11.1 Å². The van der Waals surface area contributed by atoms with Crippen molar-refractivity contribution in [1.82, 2.24) is 10.0 Å². The van der Waals surface area contributed by atoms with Gasteiger partial charge in [-0.15, -0.1) is 0 Å². The third-order valence-corrected chi connectivity index (χ3v) is 4.82. The van der Waals surface area contributed by atoms with Crippen LogP contribution in [-0.4, -0.2) is 21.5 Å². The Balaban J connectivity index is 2.06. The molecule has 0 aliphatic carbocycles. The van der Waals surface area contributed by atoms with Crippen LogP contribution in [0.5, 0.6) is 0 Å². The van der Waals surface area contributed by atoms with Crippen LogP contribution < -0.4 is 15.4 Å². The van der Waals surface area contributed by atoms with Crippen LogP contribution in [0, 0.1) is 0 Å². The Morgan fingerprint density at radius 1 is 1.08 bits per heavy atom. The van der Waals surface area contributed by atoms with Crippen LogP contribution in [0.25, 0.3) is 0 Å². The lowest BCUT2D eigenvalue weighted by molar-refractivity contribution is -0.136. The van der Waals surface area contributed by atoms with Crippen molar-refractivity contribution in [3.63, 3.8) is 0 Å². The van der Waals surface area contributed by atoms with Crippen LogP contribution in [0.15, 0.2) is 53.4 Å². The molecular weight excluding hydrogens is 371 g/mol. The summed E-state index contributed by atoms with van der Waals surface area (Å²) in [5.74, 6) is 0. The van der Waals surface area contributed by atoms with E-state index in [4.69, 9.17) is 0 Å². The molecule has 0 heterocycles. The van der Waals surface area contributed by atoms with E-state index in [1.165, 1.54) is 37.4 Å². The van der Waals surface area contributed by atoms with Gasteiger partial charge in [-0.05, 0) is 36.9 Å². The van der Waals surface area contributed by atoms with Gasteiger partial charge in [0.1, 0.15) is 0 Å². The molecule has 0 aromatic heterocycles. The van der Waals surface area contributed by atoms with E-state index in [0.29, 0.717) is 5.56 Å². The fourth-order valence-electron chi connectivity index (χ4n) is 2.13. The fraction of sp³-hybridized carbons (Fsp3) is 0.188. The minimum absolute atomic E-state index is 0.0159. The molecule has 0 fully saturated rings. The zero-order valence-electron chi connectivity index (χ0n) is 13.6. The molecule has 0 saturated carbocycles. The Kier molecular flexibility index (Phi) is 5.88. The number of carbonyl (C=O) groups excluding carboxylic acids is 1. The van der Waals surface area contributed by atoms with E-state index in [2.05, 4.69) is 15.4 Å². The zero-order chi connectivity index (χ0) is 19.4. The third kappa shape index (κ3) is 4.96. The lowest BCUT2D eigenvalue weighted by atomic mass is 10.1. The number of anilines is 1. The number of sulfonamides is 1. The van der Waals surface area contributed by atoms with Crippen molar-refractivity contribution in [3.8, 4) is 0 Å². The molecule has 3 N–H and O–H groups in total. The van der Waals surface area contributed by atoms with Crippen LogP contribution in [-0.2, 0) is 22.7 Å². The number of hydrogen-bond acceptors (Lipinski definition) is 3. The summed E-state index contributed by atoms with van der Waals surface area (Å²) in [6.45, 7) is -0.0624. The average Bonchev–Trinajstić information content (AvgIpc) is 2.60. The Morgan fingerprint density at radius 2 is 1.77 bits per heavy atom. The van der Waals surface area contributed by atoms with Gasteiger partial charge >= 0.3 is 12.2 Å². The molecule has 0 bridgehead atoms. The minimum Gasteiger partial charge on any atom is -0.334 e. The van der Waals surface area contributed by atoms with Crippen molar-refractivity contribution in [3.05, 3.63) is 59.7 Å². The van der Waals surface area contributed by atoms with E-state index in [1.807, 2.05) is 0 Å². The van der Waals surface area contributed by atoms with Gasteiger partial charge < -0.3 is 10.6 Å². The summed E-state index contributed by atoms with van der Waals surface area (Å²) in [7, 11) is -2.36. The fourth-order valence-corrected chi connectivity index (χ4v) is 2.93. The summed E-state index contributed by atoms with van der Waals surface area (Å²) < 4.78 is 64.4. The zero-order valence-corrected chi connectivity index (χ0v) is 14.4. The van der Waals surface area contributed by atoms with E-state index in [9.17, 15) is 26.4 Å². The van der Waals surface area contributed by atoms with Crippen LogP contribution in [0.3, 0.4) is 0 Å². The van der Waals surface area contributed by atoms with E-state index in [0.717, 1.165) is 12.1 Å². The topological polar surface area (TPSA) is 87.3 Å². The van der Waals surface area contributed by atoms with Gasteiger partial charge in [0, 0.05) is 6.54 Å². The maximum absolute atomic E-state index is 12.9. The van der Waals surface area contributed by atoms with Crippen molar-refractivity contribution in [1.29, 1.82) is 0 Å². The van der Waals surface area contributed by atoms with Gasteiger partial charge in [-0.3, -0.25) is 0 Å². The number of amides is 2. The van der Waals surface area contributed by atoms with Gasteiger partial charge in [0.25, 0.3) is 0 Å². The lowest BCUT2D eigenvalue weighted by Crippen LogP contribution is -2.29. The van der Waals surface area contributed by atoms with Crippen molar-refractivity contribution in [2.45, 2.75) is 17.6 Å². The molecule has 0 saturated heterocycles. The number of halogens is 3. The molecule has 2 aromatic carbocycles. The van der Waals surface area contributed by atoms with Gasteiger partial charge in [-0.2, -0.15) is 13.2 Å². The molecule has 10 heteroatoms. The maximum atomic E-state index is 12.9. The second-order valence-corrected chi connectivity index (χ2v) is 7.09. The van der Waals surface area contributed by atoms with Crippen molar-refractivity contribution < 1.29 is 26.4 Å². The number of carbonyl (C=O) groups is 1. The maximum Gasteiger partial charge on any atom is 0.418 e. The summed E-state index contributed by atoms with van der Waals surface area (Å²) in [6, 6.07) is 9.57. The van der Waals surface area contributed by atoms with E-state index >= 15 is 0 Å². The standard InChI is InChI=1S/C16H16F3N3O3S/c1-20-26(24,25)12-6-4-5-11(9-12)10-21-15(23)22-14-8-3-2-7-13(14)16(17,18)19/h2-9,20H,10H2,1H3,(H2,21,22,23). The van der Waals surface area contributed by atoms with Gasteiger partial charge in [0.2, 0.25) is 10.0 Å². The Labute approximate surface area is 148 Å². The SMILES string of the molecule is CNS(=O)(=O)c1cccc(CNC(=O)Nc2ccccc2C(F)(F)F)c1. The summed E-state index contributed by atoms with van der Waals surface area (Å²) >= 11 is 0. The van der Waals surface area contributed by atoms with Gasteiger partial charge in [-0.1, -0.05) is 24.3 Å². The van der Waals surface area contributed by atoms with Crippen molar-refractivity contribution in [2.24, 2.45) is 0 Å². The molecule has 26 heavy (non-hydrogen) atoms. The normalized spacial score (nSPS) is 11.8. The third-order valence-electron chi connectivity index (χ3n) is 3.41. The molecular formula is C16H16F3N3O3S. The minimum atomic E-state index is -4.60. The second-order valence-electron chi connectivity index (χ2n) is 5.21. The number of rotatable bonds is 5. The smallest absolute Gasteiger partial charge is 0.334 e. The van der Waals surface area contributed by atoms with Crippen molar-refractivity contribution >= 4 is 21.7 Å². The highest BCUT2D eigenvalue weighted by Crippen LogP contribution is 2.34. The van der Waals surface area contributed by atoms with E-state index in [-0.39, 0.29) is 17.1 Å². The van der Waals surface area contributed by atoms with Gasteiger partial charge in [0.05, 0.1) is 16.1 Å². The monoisotopic (exact) mass is 387 g/mol. The predicted octanol–water partition coefficient (Wildman–Crippen LogP) is 2.94. The van der Waals surface area contributed by atoms with E-state index in [1.54, 1.807) is 6.07 Å². The largest absolute Gasteiger partial charge is 0.418 e. The highest BCUT2D eigenvalue weighted by atomic mass is 32.2. The molecule has 6 nitrogen and oxygen atoms in total. The Morgan fingerprint density at radius 3 is 2.42 bits per heavy atom. The summed E-state index contributed by atoms with van der Waals surface area (Å²) in [4.78, 5) is 11.9. The number of alkyl halides is 3. The number of nitrogens with one attached hydrogen (secondary N) is 3. The molecule has 0 aliphatic heterocycles. The molecule has 2 amide bonds. The average molecular weight is 387 g/mol. The van der Waals surface area contributed by atoms with Gasteiger partial charge in [0.15, 0.2) is 0 Å². The molecule has 0 unspecified atom stereocenters. The van der Waals surface area contributed by atoms with Crippen LogP contribution in [0.2, 0.25) is 0 Å². The first-order valence-electron chi connectivity index (χ1n) is 7.37. The first-order chi connectivity index (χ1) is 12.1. The molecule has 2 rings (SSSR count). The molecule has 2 aromatic rings. The number of benzene rings is 2. The molecule has 140 valence electrons. The molecule has 0 radical (unpaired) electrons.